The predicted molar refractivity (Wildman–Crippen MR) is 80.0 cm³/mol. The zero-order valence-corrected chi connectivity index (χ0v) is 12.3. The molecule has 21 heavy (non-hydrogen) atoms. The van der Waals surface area contributed by atoms with Gasteiger partial charge in [0.25, 0.3) is 0 Å². The van der Waals surface area contributed by atoms with Crippen molar-refractivity contribution in [2.75, 3.05) is 11.9 Å². The van der Waals surface area contributed by atoms with Gasteiger partial charge in [0.2, 0.25) is 5.91 Å². The van der Waals surface area contributed by atoms with Gasteiger partial charge in [0.15, 0.2) is 0 Å². The molecular weight excluding hydrogens is 266 g/mol. The van der Waals surface area contributed by atoms with Crippen molar-refractivity contribution in [3.05, 3.63) is 29.8 Å². The van der Waals surface area contributed by atoms with E-state index in [-0.39, 0.29) is 17.8 Å². The third-order valence-electron chi connectivity index (χ3n) is 4.53. The average molecular weight is 287 g/mol. The van der Waals surface area contributed by atoms with E-state index < -0.39 is 0 Å². The highest BCUT2D eigenvalue weighted by molar-refractivity contribution is 5.96. The molecule has 2 saturated carbocycles. The van der Waals surface area contributed by atoms with E-state index in [2.05, 4.69) is 5.32 Å². The first-order valence-electron chi connectivity index (χ1n) is 7.78. The molecule has 0 spiro atoms. The largest absolute Gasteiger partial charge is 0.462 e. The van der Waals surface area contributed by atoms with Crippen molar-refractivity contribution in [1.82, 2.24) is 0 Å². The maximum atomic E-state index is 12.1. The molecule has 2 unspecified atom stereocenters. The van der Waals surface area contributed by atoms with Crippen LogP contribution in [0.5, 0.6) is 0 Å². The first-order valence-corrected chi connectivity index (χ1v) is 7.78. The molecule has 0 aromatic heterocycles. The summed E-state index contributed by atoms with van der Waals surface area (Å²) in [6, 6.07) is 6.92. The highest BCUT2D eigenvalue weighted by Gasteiger charge is 2.56. The zero-order valence-electron chi connectivity index (χ0n) is 12.3. The van der Waals surface area contributed by atoms with E-state index in [4.69, 9.17) is 4.74 Å². The van der Waals surface area contributed by atoms with Crippen molar-refractivity contribution in [3.8, 4) is 0 Å². The highest BCUT2D eigenvalue weighted by atomic mass is 16.5. The maximum Gasteiger partial charge on any atom is 0.338 e. The predicted octanol–water partition coefficient (Wildman–Crippen LogP) is 3.24. The summed E-state index contributed by atoms with van der Waals surface area (Å²) in [5, 5.41) is 2.95. The molecule has 4 heteroatoms. The van der Waals surface area contributed by atoms with E-state index in [1.54, 1.807) is 24.3 Å². The highest BCUT2D eigenvalue weighted by Crippen LogP contribution is 2.57. The molecule has 2 fully saturated rings. The van der Waals surface area contributed by atoms with Gasteiger partial charge in [-0.3, -0.25) is 4.79 Å². The molecular formula is C17H21NO3. The Morgan fingerprint density at radius 3 is 2.48 bits per heavy atom. The molecule has 2 aliphatic rings. The molecule has 112 valence electrons. The first kappa shape index (κ1) is 14.1. The molecule has 1 N–H and O–H groups in total. The molecule has 0 radical (unpaired) electrons. The molecule has 3 rings (SSSR count). The minimum atomic E-state index is -0.313. The van der Waals surface area contributed by atoms with Crippen LogP contribution in [0.15, 0.2) is 24.3 Å². The lowest BCUT2D eigenvalue weighted by Gasteiger charge is -2.08. The van der Waals surface area contributed by atoms with E-state index >= 15 is 0 Å². The summed E-state index contributed by atoms with van der Waals surface area (Å²) in [5.74, 6) is 1.27. The van der Waals surface area contributed by atoms with Crippen LogP contribution in [0.1, 0.15) is 43.0 Å². The molecule has 2 atom stereocenters. The summed E-state index contributed by atoms with van der Waals surface area (Å²) in [6.07, 6.45) is 4.48. The summed E-state index contributed by atoms with van der Waals surface area (Å²) in [6.45, 7) is 2.39. The third kappa shape index (κ3) is 2.94. The van der Waals surface area contributed by atoms with E-state index in [0.717, 1.165) is 12.1 Å². The summed E-state index contributed by atoms with van der Waals surface area (Å²) in [7, 11) is 0. The molecule has 0 aliphatic heterocycles. The quantitative estimate of drug-likeness (QED) is 0.846. The number of benzene rings is 1. The van der Waals surface area contributed by atoms with Gasteiger partial charge in [0.1, 0.15) is 0 Å². The van der Waals surface area contributed by atoms with E-state index in [0.29, 0.717) is 24.0 Å². The molecule has 2 aliphatic carbocycles. The Kier molecular flexibility index (Phi) is 3.95. The Hall–Kier alpha value is -1.84. The van der Waals surface area contributed by atoms with Crippen LogP contribution in [-0.4, -0.2) is 18.5 Å². The fourth-order valence-electron chi connectivity index (χ4n) is 3.40. The van der Waals surface area contributed by atoms with Crippen molar-refractivity contribution in [2.24, 2.45) is 17.8 Å². The second-order valence-corrected chi connectivity index (χ2v) is 5.99. The van der Waals surface area contributed by atoms with Gasteiger partial charge >= 0.3 is 5.97 Å². The van der Waals surface area contributed by atoms with Gasteiger partial charge in [-0.25, -0.2) is 4.79 Å². The molecule has 0 saturated heterocycles. The molecule has 1 amide bonds. The number of hydrogen-bond acceptors (Lipinski definition) is 3. The molecule has 4 nitrogen and oxygen atoms in total. The van der Waals surface area contributed by atoms with Crippen molar-refractivity contribution >= 4 is 17.6 Å². The number of ether oxygens (including phenoxy) is 1. The molecule has 1 aromatic carbocycles. The lowest BCUT2D eigenvalue weighted by Crippen LogP contribution is -2.16. The van der Waals surface area contributed by atoms with Gasteiger partial charge in [-0.05, 0) is 55.4 Å². The maximum absolute atomic E-state index is 12.1. The summed E-state index contributed by atoms with van der Waals surface area (Å²) in [5.41, 5.74) is 1.27. The van der Waals surface area contributed by atoms with Crippen LogP contribution >= 0.6 is 0 Å². The van der Waals surface area contributed by atoms with Crippen molar-refractivity contribution in [3.63, 3.8) is 0 Å². The van der Waals surface area contributed by atoms with Gasteiger partial charge in [-0.2, -0.15) is 0 Å². The molecule has 1 aromatic rings. The summed E-state index contributed by atoms with van der Waals surface area (Å²) in [4.78, 5) is 23.8. The number of carbonyl (C=O) groups excluding carboxylic acids is 2. The van der Waals surface area contributed by atoms with Crippen molar-refractivity contribution in [2.45, 2.75) is 32.6 Å². The van der Waals surface area contributed by atoms with Crippen LogP contribution in [0, 0.1) is 17.8 Å². The van der Waals surface area contributed by atoms with Gasteiger partial charge < -0.3 is 10.1 Å². The SMILES string of the molecule is CCCOC(=O)c1ccc(NC(=O)C2C3CCCC32)cc1. The number of carbonyl (C=O) groups is 2. The lowest BCUT2D eigenvalue weighted by molar-refractivity contribution is -0.118. The van der Waals surface area contributed by atoms with E-state index in [9.17, 15) is 9.59 Å². The Bertz CT molecular complexity index is 527. The Morgan fingerprint density at radius 1 is 1.19 bits per heavy atom. The summed E-state index contributed by atoms with van der Waals surface area (Å²) < 4.78 is 5.07. The van der Waals surface area contributed by atoms with Crippen LogP contribution in [0.25, 0.3) is 0 Å². The average Bonchev–Trinajstić information content (AvgIpc) is 2.99. The minimum Gasteiger partial charge on any atom is -0.462 e. The van der Waals surface area contributed by atoms with Crippen LogP contribution in [0.4, 0.5) is 5.69 Å². The Balaban J connectivity index is 1.55. The fourth-order valence-corrected chi connectivity index (χ4v) is 3.40. The standard InChI is InChI=1S/C17H21NO3/c1-2-10-21-17(20)11-6-8-12(9-7-11)18-16(19)15-13-4-3-5-14(13)15/h6-9,13-15H,2-5,10H2,1H3,(H,18,19). The van der Waals surface area contributed by atoms with Crippen molar-refractivity contribution in [1.29, 1.82) is 0 Å². The van der Waals surface area contributed by atoms with Crippen molar-refractivity contribution < 1.29 is 14.3 Å². The number of nitrogens with one attached hydrogen (secondary N) is 1. The van der Waals surface area contributed by atoms with E-state index in [1.165, 1.54) is 19.3 Å². The minimum absolute atomic E-state index is 0.131. The van der Waals surface area contributed by atoms with Crippen LogP contribution < -0.4 is 5.32 Å². The van der Waals surface area contributed by atoms with Crippen LogP contribution in [0.3, 0.4) is 0 Å². The summed E-state index contributed by atoms with van der Waals surface area (Å²) >= 11 is 0. The number of fused-ring (bicyclic) bond motifs is 1. The van der Waals surface area contributed by atoms with Gasteiger partial charge in [0.05, 0.1) is 12.2 Å². The van der Waals surface area contributed by atoms with Crippen LogP contribution in [0.2, 0.25) is 0 Å². The van der Waals surface area contributed by atoms with Crippen LogP contribution in [-0.2, 0) is 9.53 Å². The Morgan fingerprint density at radius 2 is 1.86 bits per heavy atom. The lowest BCUT2D eigenvalue weighted by atomic mass is 10.1. The second kappa shape index (κ2) is 5.88. The van der Waals surface area contributed by atoms with Gasteiger partial charge in [-0.15, -0.1) is 0 Å². The zero-order chi connectivity index (χ0) is 14.8. The molecule has 0 bridgehead atoms. The van der Waals surface area contributed by atoms with Gasteiger partial charge in [0, 0.05) is 11.6 Å². The number of esters is 1. The third-order valence-corrected chi connectivity index (χ3v) is 4.53. The number of rotatable bonds is 5. The normalized spacial score (nSPS) is 26.0. The molecule has 0 heterocycles. The van der Waals surface area contributed by atoms with Gasteiger partial charge in [-0.1, -0.05) is 13.3 Å². The smallest absolute Gasteiger partial charge is 0.338 e. The van der Waals surface area contributed by atoms with E-state index in [1.807, 2.05) is 6.92 Å². The number of hydrogen-bond donors (Lipinski definition) is 1. The number of anilines is 1. The fraction of sp³-hybridized carbons (Fsp3) is 0.529. The monoisotopic (exact) mass is 287 g/mol. The number of amides is 1. The first-order chi connectivity index (χ1) is 10.2. The topological polar surface area (TPSA) is 55.4 Å². The Labute approximate surface area is 124 Å². The second-order valence-electron chi connectivity index (χ2n) is 5.99.